The van der Waals surface area contributed by atoms with E-state index in [0.717, 1.165) is 11.1 Å². The zero-order valence-corrected chi connectivity index (χ0v) is 19.7. The molecule has 0 unspecified atom stereocenters. The summed E-state index contributed by atoms with van der Waals surface area (Å²) in [5.41, 5.74) is 3.53. The van der Waals surface area contributed by atoms with E-state index in [2.05, 4.69) is 30.1 Å². The van der Waals surface area contributed by atoms with Crippen molar-refractivity contribution >= 4 is 23.5 Å². The first-order valence-corrected chi connectivity index (χ1v) is 11.4. The minimum atomic E-state index is -0.503. The van der Waals surface area contributed by atoms with Crippen LogP contribution in [0.15, 0.2) is 49.3 Å². The van der Waals surface area contributed by atoms with Gasteiger partial charge in [0.25, 0.3) is 11.6 Å². The first-order valence-electron chi connectivity index (χ1n) is 11.4. The third-order valence-electron chi connectivity index (χ3n) is 5.65. The number of hydrogen-bond acceptors (Lipinski definition) is 10. The van der Waals surface area contributed by atoms with Gasteiger partial charge in [0.05, 0.1) is 22.5 Å². The number of fused-ring (bicyclic) bond motifs is 2. The van der Waals surface area contributed by atoms with Gasteiger partial charge < -0.3 is 9.47 Å². The number of rotatable bonds is 8. The molecule has 0 amide bonds. The molecule has 4 aromatic heterocycles. The topological polar surface area (TPSA) is 139 Å². The van der Waals surface area contributed by atoms with Crippen LogP contribution in [0.25, 0.3) is 11.6 Å². The van der Waals surface area contributed by atoms with E-state index in [1.54, 1.807) is 0 Å². The van der Waals surface area contributed by atoms with Crippen molar-refractivity contribution in [3.63, 3.8) is 0 Å². The van der Waals surface area contributed by atoms with Crippen molar-refractivity contribution in [2.24, 2.45) is 0 Å². The van der Waals surface area contributed by atoms with Crippen molar-refractivity contribution < 1.29 is 19.1 Å². The molecule has 0 saturated carbocycles. The number of aryl methyl sites for hydroxylation is 2. The summed E-state index contributed by atoms with van der Waals surface area (Å²) in [5.74, 6) is -0.157. The molecule has 5 rings (SSSR count). The van der Waals surface area contributed by atoms with Crippen LogP contribution >= 0.6 is 0 Å². The van der Waals surface area contributed by atoms with E-state index >= 15 is 0 Å². The number of carbonyl (C=O) groups excluding carboxylic acids is 2. The smallest absolute Gasteiger partial charge is 0.341 e. The van der Waals surface area contributed by atoms with E-state index in [-0.39, 0.29) is 13.2 Å². The van der Waals surface area contributed by atoms with Crippen LogP contribution in [-0.4, -0.2) is 51.1 Å². The molecule has 182 valence electrons. The van der Waals surface area contributed by atoms with Crippen LogP contribution in [0, 0.1) is 0 Å². The molecule has 12 heteroatoms. The first-order chi connectivity index (χ1) is 17.6. The summed E-state index contributed by atoms with van der Waals surface area (Å²) in [7, 11) is 0. The maximum Gasteiger partial charge on any atom is 0.341 e. The SMILES string of the molecule is CCc1c(C(=O)OCc2cccc(COC(=O)c3cnc4ncnn4c3CC)c2)cnc2ncnn12. The molecule has 0 aliphatic heterocycles. The lowest BCUT2D eigenvalue weighted by molar-refractivity contribution is 0.0468. The van der Waals surface area contributed by atoms with Gasteiger partial charge in [-0.25, -0.2) is 28.6 Å². The first kappa shape index (κ1) is 23.0. The fraction of sp³-hybridized carbons (Fsp3) is 0.250. The lowest BCUT2D eigenvalue weighted by atomic mass is 10.1. The van der Waals surface area contributed by atoms with Crippen molar-refractivity contribution in [3.8, 4) is 0 Å². The second-order valence-corrected chi connectivity index (χ2v) is 7.86. The van der Waals surface area contributed by atoms with E-state index in [1.165, 1.54) is 34.1 Å². The summed E-state index contributed by atoms with van der Waals surface area (Å²) in [6.45, 7) is 3.93. The molecule has 0 atom stereocenters. The van der Waals surface area contributed by atoms with E-state index in [0.29, 0.717) is 46.9 Å². The normalized spacial score (nSPS) is 11.2. The Morgan fingerprint density at radius 1 is 0.750 bits per heavy atom. The van der Waals surface area contributed by atoms with Gasteiger partial charge in [0.1, 0.15) is 25.9 Å². The largest absolute Gasteiger partial charge is 0.457 e. The summed E-state index contributed by atoms with van der Waals surface area (Å²) in [6.07, 6.45) is 6.82. The Hall–Kier alpha value is -4.74. The van der Waals surface area contributed by atoms with Gasteiger partial charge in [-0.05, 0) is 30.0 Å². The van der Waals surface area contributed by atoms with E-state index in [9.17, 15) is 9.59 Å². The summed E-state index contributed by atoms with van der Waals surface area (Å²) >= 11 is 0. The summed E-state index contributed by atoms with van der Waals surface area (Å²) in [6, 6.07) is 7.29. The molecule has 12 nitrogen and oxygen atoms in total. The fourth-order valence-corrected chi connectivity index (χ4v) is 3.93. The number of ether oxygens (including phenoxy) is 2. The minimum Gasteiger partial charge on any atom is -0.457 e. The number of esters is 2. The van der Waals surface area contributed by atoms with Crippen LogP contribution in [-0.2, 0) is 35.5 Å². The van der Waals surface area contributed by atoms with Gasteiger partial charge in [0.15, 0.2) is 0 Å². The van der Waals surface area contributed by atoms with Gasteiger partial charge in [-0.15, -0.1) is 0 Å². The van der Waals surface area contributed by atoms with Crippen LogP contribution in [0.5, 0.6) is 0 Å². The number of hydrogen-bond donors (Lipinski definition) is 0. The highest BCUT2D eigenvalue weighted by Gasteiger charge is 2.18. The van der Waals surface area contributed by atoms with Gasteiger partial charge in [-0.2, -0.15) is 20.2 Å². The predicted octanol–water partition coefficient (Wildman–Crippen LogP) is 2.40. The van der Waals surface area contributed by atoms with Crippen molar-refractivity contribution in [2.45, 2.75) is 39.9 Å². The van der Waals surface area contributed by atoms with Crippen molar-refractivity contribution in [2.75, 3.05) is 0 Å². The maximum atomic E-state index is 12.7. The standard InChI is InChI=1S/C24H22N8O4/c1-3-19-17(9-25-23-27-13-29-31(19)23)21(33)35-11-15-6-5-7-16(8-15)12-36-22(34)18-10-26-24-28-14-30-32(24)20(18)4-2/h5-10,13-14H,3-4,11-12H2,1-2H3. The predicted molar refractivity (Wildman–Crippen MR) is 125 cm³/mol. The molecule has 0 fully saturated rings. The number of aromatic nitrogens is 8. The second-order valence-electron chi connectivity index (χ2n) is 7.86. The molecule has 0 saturated heterocycles. The van der Waals surface area contributed by atoms with Gasteiger partial charge in [0.2, 0.25) is 0 Å². The minimum absolute atomic E-state index is 0.0477. The van der Waals surface area contributed by atoms with Crippen LogP contribution in [0.2, 0.25) is 0 Å². The Bertz CT molecular complexity index is 1460. The molecule has 4 heterocycles. The lowest BCUT2D eigenvalue weighted by Gasteiger charge is -2.11. The van der Waals surface area contributed by atoms with Gasteiger partial charge in [0, 0.05) is 12.4 Å². The van der Waals surface area contributed by atoms with Gasteiger partial charge in [-0.1, -0.05) is 32.0 Å². The molecular formula is C24H22N8O4. The lowest BCUT2D eigenvalue weighted by Crippen LogP contribution is -2.14. The van der Waals surface area contributed by atoms with Crippen molar-refractivity contribution in [1.29, 1.82) is 0 Å². The molecule has 0 N–H and O–H groups in total. The highest BCUT2D eigenvalue weighted by molar-refractivity contribution is 5.91. The Balaban J connectivity index is 1.24. The molecule has 0 aliphatic carbocycles. The number of carbonyl (C=O) groups is 2. The molecule has 36 heavy (non-hydrogen) atoms. The highest BCUT2D eigenvalue weighted by Crippen LogP contribution is 2.16. The molecule has 1 aromatic carbocycles. The Labute approximate surface area is 205 Å². The van der Waals surface area contributed by atoms with Crippen molar-refractivity contribution in [1.82, 2.24) is 39.2 Å². The molecule has 0 aliphatic rings. The van der Waals surface area contributed by atoms with Gasteiger partial charge >= 0.3 is 11.9 Å². The molecule has 0 radical (unpaired) electrons. The number of nitrogens with zero attached hydrogens (tertiary/aromatic N) is 8. The Morgan fingerprint density at radius 3 is 1.67 bits per heavy atom. The summed E-state index contributed by atoms with van der Waals surface area (Å²) < 4.78 is 14.1. The average Bonchev–Trinajstić information content (AvgIpc) is 3.59. The Kier molecular flexibility index (Phi) is 6.31. The quantitative estimate of drug-likeness (QED) is 0.300. The zero-order valence-electron chi connectivity index (χ0n) is 19.7. The maximum absolute atomic E-state index is 12.7. The van der Waals surface area contributed by atoms with Crippen LogP contribution < -0.4 is 0 Å². The van der Waals surface area contributed by atoms with E-state index in [1.807, 2.05) is 38.1 Å². The van der Waals surface area contributed by atoms with Crippen LogP contribution in [0.3, 0.4) is 0 Å². The van der Waals surface area contributed by atoms with Crippen LogP contribution in [0.1, 0.15) is 57.1 Å². The third-order valence-corrected chi connectivity index (χ3v) is 5.65. The molecule has 0 bridgehead atoms. The summed E-state index contributed by atoms with van der Waals surface area (Å²) in [4.78, 5) is 41.9. The Morgan fingerprint density at radius 2 is 1.22 bits per heavy atom. The monoisotopic (exact) mass is 486 g/mol. The van der Waals surface area contributed by atoms with E-state index < -0.39 is 11.9 Å². The highest BCUT2D eigenvalue weighted by atomic mass is 16.5. The van der Waals surface area contributed by atoms with Gasteiger partial charge in [-0.3, -0.25) is 0 Å². The summed E-state index contributed by atoms with van der Waals surface area (Å²) in [5, 5.41) is 8.25. The molecular weight excluding hydrogens is 464 g/mol. The zero-order chi connectivity index (χ0) is 25.1. The molecule has 0 spiro atoms. The third kappa shape index (κ3) is 4.35. The number of benzene rings is 1. The van der Waals surface area contributed by atoms with E-state index in [4.69, 9.17) is 9.47 Å². The fourth-order valence-electron chi connectivity index (χ4n) is 3.93. The average molecular weight is 486 g/mol. The molecule has 5 aromatic rings. The van der Waals surface area contributed by atoms with Crippen molar-refractivity contribution in [3.05, 3.63) is 83.0 Å². The van der Waals surface area contributed by atoms with Crippen LogP contribution in [0.4, 0.5) is 0 Å². The second kappa shape index (κ2) is 9.86.